The Labute approximate surface area is 141 Å². The second-order valence-corrected chi connectivity index (χ2v) is 7.52. The van der Waals surface area contributed by atoms with E-state index in [1.54, 1.807) is 0 Å². The van der Waals surface area contributed by atoms with E-state index in [4.69, 9.17) is 0 Å². The number of nitrogens with one attached hydrogen (secondary N) is 2. The number of carbonyl (C=O) groups is 1. The molecule has 1 aliphatic carbocycles. The second kappa shape index (κ2) is 8.49. The molecule has 0 radical (unpaired) electrons. The summed E-state index contributed by atoms with van der Waals surface area (Å²) in [4.78, 5) is 12.3. The zero-order chi connectivity index (χ0) is 16.8. The van der Waals surface area contributed by atoms with E-state index in [-0.39, 0.29) is 11.9 Å². The molecular weight excluding hydrogens is 284 g/mol. The van der Waals surface area contributed by atoms with E-state index in [2.05, 4.69) is 44.4 Å². The molecule has 23 heavy (non-hydrogen) atoms. The van der Waals surface area contributed by atoms with Gasteiger partial charge in [-0.3, -0.25) is 4.79 Å². The lowest BCUT2D eigenvalue weighted by Crippen LogP contribution is -2.40. The van der Waals surface area contributed by atoms with Gasteiger partial charge in [-0.2, -0.15) is 0 Å². The summed E-state index contributed by atoms with van der Waals surface area (Å²) in [5, 5.41) is 6.72. The van der Waals surface area contributed by atoms with E-state index in [1.165, 1.54) is 31.2 Å². The average Bonchev–Trinajstić information content (AvgIpc) is 2.49. The largest absolute Gasteiger partial charge is 0.326 e. The lowest BCUT2D eigenvalue weighted by atomic mass is 9.87. The maximum absolute atomic E-state index is 12.3. The fourth-order valence-corrected chi connectivity index (χ4v) is 3.48. The summed E-state index contributed by atoms with van der Waals surface area (Å²) in [6.07, 6.45) is 5.61. The molecule has 1 amide bonds. The molecule has 1 aliphatic rings. The fourth-order valence-electron chi connectivity index (χ4n) is 3.48. The third kappa shape index (κ3) is 5.65. The monoisotopic (exact) mass is 316 g/mol. The first-order chi connectivity index (χ1) is 11.0. The van der Waals surface area contributed by atoms with Gasteiger partial charge >= 0.3 is 0 Å². The summed E-state index contributed by atoms with van der Waals surface area (Å²) in [7, 11) is 0. The smallest absolute Gasteiger partial charge is 0.225 e. The van der Waals surface area contributed by atoms with E-state index in [9.17, 15) is 4.79 Å². The highest BCUT2D eigenvalue weighted by Gasteiger charge is 2.20. The Balaban J connectivity index is 1.82. The molecule has 0 heterocycles. The average molecular weight is 316 g/mol. The van der Waals surface area contributed by atoms with Gasteiger partial charge in [0.25, 0.3) is 0 Å². The predicted molar refractivity (Wildman–Crippen MR) is 97.8 cm³/mol. The maximum Gasteiger partial charge on any atom is 0.225 e. The standard InChI is InChI=1S/C20H32N2O/c1-14(2)18-7-5-6-8-19(18)22-20(23)13-16(4)21-17-11-9-15(3)10-12-17/h5-8,14-17,21H,9-13H2,1-4H3,(H,22,23)/t15?,16-,17?/m1/s1. The Hall–Kier alpha value is -1.35. The number of rotatable bonds is 6. The van der Waals surface area contributed by atoms with E-state index >= 15 is 0 Å². The first kappa shape index (κ1) is 18.0. The van der Waals surface area contributed by atoms with Crippen LogP contribution in [0.2, 0.25) is 0 Å². The molecule has 128 valence electrons. The number of benzene rings is 1. The molecular formula is C20H32N2O. The highest BCUT2D eigenvalue weighted by molar-refractivity contribution is 5.91. The van der Waals surface area contributed by atoms with E-state index in [0.717, 1.165) is 11.6 Å². The Kier molecular flexibility index (Phi) is 6.64. The molecule has 0 bridgehead atoms. The quantitative estimate of drug-likeness (QED) is 0.799. The molecule has 1 aromatic carbocycles. The number of amides is 1. The van der Waals surface area contributed by atoms with Crippen molar-refractivity contribution in [3.63, 3.8) is 0 Å². The van der Waals surface area contributed by atoms with Crippen molar-refractivity contribution in [1.82, 2.24) is 5.32 Å². The van der Waals surface area contributed by atoms with Crippen molar-refractivity contribution >= 4 is 11.6 Å². The van der Waals surface area contributed by atoms with Gasteiger partial charge in [0.15, 0.2) is 0 Å². The Morgan fingerprint density at radius 2 is 1.78 bits per heavy atom. The van der Waals surface area contributed by atoms with Gasteiger partial charge in [-0.05, 0) is 56.1 Å². The van der Waals surface area contributed by atoms with E-state index < -0.39 is 0 Å². The zero-order valence-corrected chi connectivity index (χ0v) is 15.1. The van der Waals surface area contributed by atoms with Gasteiger partial charge in [0.1, 0.15) is 0 Å². The molecule has 0 aromatic heterocycles. The van der Waals surface area contributed by atoms with Crippen molar-refractivity contribution in [3.8, 4) is 0 Å². The SMILES string of the molecule is CC1CCC(N[C@H](C)CC(=O)Nc2ccccc2C(C)C)CC1. The second-order valence-electron chi connectivity index (χ2n) is 7.52. The lowest BCUT2D eigenvalue weighted by molar-refractivity contribution is -0.116. The van der Waals surface area contributed by atoms with Crippen molar-refractivity contribution in [2.24, 2.45) is 5.92 Å². The Morgan fingerprint density at radius 3 is 2.43 bits per heavy atom. The first-order valence-electron chi connectivity index (χ1n) is 9.10. The Bertz CT molecular complexity index is 504. The lowest BCUT2D eigenvalue weighted by Gasteiger charge is -2.29. The maximum atomic E-state index is 12.3. The molecule has 1 atom stereocenters. The van der Waals surface area contributed by atoms with Gasteiger partial charge in [0, 0.05) is 24.2 Å². The van der Waals surface area contributed by atoms with Gasteiger partial charge in [-0.1, -0.05) is 39.0 Å². The normalized spacial score (nSPS) is 22.8. The molecule has 2 rings (SSSR count). The summed E-state index contributed by atoms with van der Waals surface area (Å²) >= 11 is 0. The van der Waals surface area contributed by atoms with Gasteiger partial charge < -0.3 is 10.6 Å². The van der Waals surface area contributed by atoms with Crippen molar-refractivity contribution in [2.75, 3.05) is 5.32 Å². The van der Waals surface area contributed by atoms with Crippen LogP contribution in [0.4, 0.5) is 5.69 Å². The first-order valence-corrected chi connectivity index (χ1v) is 9.10. The van der Waals surface area contributed by atoms with Crippen LogP contribution in [0.1, 0.15) is 71.3 Å². The van der Waals surface area contributed by atoms with Crippen LogP contribution in [0.5, 0.6) is 0 Å². The summed E-state index contributed by atoms with van der Waals surface area (Å²) in [6.45, 7) is 8.75. The van der Waals surface area contributed by atoms with Crippen LogP contribution < -0.4 is 10.6 Å². The molecule has 0 saturated heterocycles. The van der Waals surface area contributed by atoms with Crippen LogP contribution in [-0.4, -0.2) is 18.0 Å². The fraction of sp³-hybridized carbons (Fsp3) is 0.650. The van der Waals surface area contributed by atoms with Gasteiger partial charge in [0.05, 0.1) is 0 Å². The number of hydrogen-bond donors (Lipinski definition) is 2. The van der Waals surface area contributed by atoms with Gasteiger partial charge in [-0.25, -0.2) is 0 Å². The Morgan fingerprint density at radius 1 is 1.13 bits per heavy atom. The van der Waals surface area contributed by atoms with Crippen LogP contribution >= 0.6 is 0 Å². The molecule has 1 fully saturated rings. The van der Waals surface area contributed by atoms with Crippen molar-refractivity contribution in [3.05, 3.63) is 29.8 Å². The van der Waals surface area contributed by atoms with Crippen molar-refractivity contribution in [1.29, 1.82) is 0 Å². The predicted octanol–water partition coefficient (Wildman–Crippen LogP) is 4.70. The minimum Gasteiger partial charge on any atom is -0.326 e. The molecule has 3 heteroatoms. The van der Waals surface area contributed by atoms with Gasteiger partial charge in [0.2, 0.25) is 5.91 Å². The van der Waals surface area contributed by atoms with Crippen LogP contribution in [0.15, 0.2) is 24.3 Å². The van der Waals surface area contributed by atoms with E-state index in [1.807, 2.05) is 18.2 Å². The van der Waals surface area contributed by atoms with E-state index in [0.29, 0.717) is 18.4 Å². The third-order valence-electron chi connectivity index (χ3n) is 4.88. The number of hydrogen-bond acceptors (Lipinski definition) is 2. The van der Waals surface area contributed by atoms with Crippen molar-refractivity contribution in [2.45, 2.75) is 77.8 Å². The number of carbonyl (C=O) groups excluding carboxylic acids is 1. The summed E-state index contributed by atoms with van der Waals surface area (Å²) in [6, 6.07) is 8.89. The van der Waals surface area contributed by atoms with Crippen LogP contribution in [-0.2, 0) is 4.79 Å². The van der Waals surface area contributed by atoms with Gasteiger partial charge in [-0.15, -0.1) is 0 Å². The van der Waals surface area contributed by atoms with Crippen LogP contribution in [0.25, 0.3) is 0 Å². The summed E-state index contributed by atoms with van der Waals surface area (Å²) in [5.41, 5.74) is 2.15. The highest BCUT2D eigenvalue weighted by Crippen LogP contribution is 2.25. The minimum absolute atomic E-state index is 0.0993. The molecule has 0 aliphatic heterocycles. The summed E-state index contributed by atoms with van der Waals surface area (Å²) < 4.78 is 0. The molecule has 1 aromatic rings. The molecule has 1 saturated carbocycles. The molecule has 2 N–H and O–H groups in total. The van der Waals surface area contributed by atoms with Crippen LogP contribution in [0.3, 0.4) is 0 Å². The van der Waals surface area contributed by atoms with Crippen molar-refractivity contribution < 1.29 is 4.79 Å². The number of anilines is 1. The molecule has 0 spiro atoms. The third-order valence-corrected chi connectivity index (χ3v) is 4.88. The highest BCUT2D eigenvalue weighted by atomic mass is 16.1. The summed E-state index contributed by atoms with van der Waals surface area (Å²) in [5.74, 6) is 1.37. The zero-order valence-electron chi connectivity index (χ0n) is 15.1. The molecule has 3 nitrogen and oxygen atoms in total. The topological polar surface area (TPSA) is 41.1 Å². The number of para-hydroxylation sites is 1. The minimum atomic E-state index is 0.0993. The molecule has 0 unspecified atom stereocenters. The van der Waals surface area contributed by atoms with Crippen LogP contribution in [0, 0.1) is 5.92 Å².